The molecule has 0 saturated carbocycles. The fraction of sp³-hybridized carbons (Fsp3) is 0.143. The first-order valence-electron chi connectivity index (χ1n) is 8.55. The van der Waals surface area contributed by atoms with Crippen molar-refractivity contribution in [3.05, 3.63) is 79.6 Å². The summed E-state index contributed by atoms with van der Waals surface area (Å²) in [5, 5.41) is 3.68. The van der Waals surface area contributed by atoms with Gasteiger partial charge >= 0.3 is 0 Å². The lowest BCUT2D eigenvalue weighted by molar-refractivity contribution is 0.415. The Bertz CT molecular complexity index is 1230. The van der Waals surface area contributed by atoms with Gasteiger partial charge in [-0.2, -0.15) is 0 Å². The van der Waals surface area contributed by atoms with E-state index in [1.165, 1.54) is 11.3 Å². The number of thiophene rings is 1. The molecule has 0 aliphatic carbocycles. The zero-order valence-electron chi connectivity index (χ0n) is 15.2. The average Bonchev–Trinajstić information content (AvgIpc) is 3.10. The third-order valence-corrected chi connectivity index (χ3v) is 6.09. The van der Waals surface area contributed by atoms with E-state index in [0.29, 0.717) is 27.8 Å². The summed E-state index contributed by atoms with van der Waals surface area (Å²) < 4.78 is 6.87. The predicted octanol–water partition coefficient (Wildman–Crippen LogP) is 5.80. The first kappa shape index (κ1) is 19.0. The van der Waals surface area contributed by atoms with Gasteiger partial charge in [-0.05, 0) is 42.3 Å². The summed E-state index contributed by atoms with van der Waals surface area (Å²) in [5.74, 6) is 1.42. The van der Waals surface area contributed by atoms with Gasteiger partial charge in [0.2, 0.25) is 0 Å². The van der Waals surface area contributed by atoms with E-state index in [1.807, 2.05) is 42.6 Å². The van der Waals surface area contributed by atoms with E-state index in [0.717, 1.165) is 27.3 Å². The molecule has 0 saturated heterocycles. The topological polar surface area (TPSA) is 44.1 Å². The minimum absolute atomic E-state index is 0.0828. The number of rotatable bonds is 4. The highest BCUT2D eigenvalue weighted by atomic mass is 35.5. The van der Waals surface area contributed by atoms with Gasteiger partial charge in [-0.3, -0.25) is 9.36 Å². The minimum Gasteiger partial charge on any atom is -0.497 e. The number of methoxy groups -OCH3 is 1. The van der Waals surface area contributed by atoms with Crippen LogP contribution in [0.2, 0.25) is 10.0 Å². The Morgan fingerprint density at radius 3 is 2.57 bits per heavy atom. The summed E-state index contributed by atoms with van der Waals surface area (Å²) in [6, 6.07) is 12.9. The van der Waals surface area contributed by atoms with Crippen LogP contribution < -0.4 is 10.3 Å². The number of halogens is 2. The molecule has 0 bridgehead atoms. The third-order valence-electron chi connectivity index (χ3n) is 4.63. The molecule has 0 radical (unpaired) electrons. The van der Waals surface area contributed by atoms with Crippen molar-refractivity contribution in [1.82, 2.24) is 9.55 Å². The van der Waals surface area contributed by atoms with Crippen molar-refractivity contribution in [2.75, 3.05) is 7.11 Å². The lowest BCUT2D eigenvalue weighted by atomic mass is 10.1. The Labute approximate surface area is 175 Å². The number of hydrogen-bond acceptors (Lipinski definition) is 4. The fourth-order valence-corrected chi connectivity index (χ4v) is 4.57. The van der Waals surface area contributed by atoms with Crippen LogP contribution in [0.4, 0.5) is 0 Å². The van der Waals surface area contributed by atoms with Crippen molar-refractivity contribution in [2.24, 2.45) is 0 Å². The third kappa shape index (κ3) is 3.41. The van der Waals surface area contributed by atoms with E-state index in [4.69, 9.17) is 27.9 Å². The van der Waals surface area contributed by atoms with Crippen molar-refractivity contribution in [2.45, 2.75) is 13.5 Å². The Morgan fingerprint density at radius 1 is 1.14 bits per heavy atom. The Morgan fingerprint density at radius 2 is 1.89 bits per heavy atom. The van der Waals surface area contributed by atoms with Crippen LogP contribution in [-0.2, 0) is 6.54 Å². The van der Waals surface area contributed by atoms with Gasteiger partial charge in [-0.1, -0.05) is 41.4 Å². The summed E-state index contributed by atoms with van der Waals surface area (Å²) in [4.78, 5) is 18.7. The molecule has 4 rings (SSSR count). The Balaban J connectivity index is 1.85. The normalized spacial score (nSPS) is 11.1. The molecular weight excluding hydrogens is 415 g/mol. The molecule has 0 atom stereocenters. The number of aromatic nitrogens is 2. The van der Waals surface area contributed by atoms with Crippen LogP contribution in [0.3, 0.4) is 0 Å². The van der Waals surface area contributed by atoms with Gasteiger partial charge in [0, 0.05) is 21.0 Å². The number of benzene rings is 2. The maximum absolute atomic E-state index is 13.3. The second-order valence-corrected chi connectivity index (χ2v) is 8.05. The highest BCUT2D eigenvalue weighted by Crippen LogP contribution is 2.32. The average molecular weight is 431 g/mol. The quantitative estimate of drug-likeness (QED) is 0.410. The molecule has 142 valence electrons. The van der Waals surface area contributed by atoms with E-state index in [9.17, 15) is 4.79 Å². The van der Waals surface area contributed by atoms with Crippen molar-refractivity contribution < 1.29 is 4.74 Å². The van der Waals surface area contributed by atoms with Gasteiger partial charge in [0.15, 0.2) is 0 Å². The zero-order valence-corrected chi connectivity index (χ0v) is 17.5. The summed E-state index contributed by atoms with van der Waals surface area (Å²) in [6.07, 6.45) is 0. The monoisotopic (exact) mass is 430 g/mol. The Kier molecular flexibility index (Phi) is 5.15. The molecule has 0 amide bonds. The SMILES string of the molecule is COc1ccc(-c2csc3nc(C)n(Cc4ccc(Cl)cc4Cl)c(=O)c23)cc1. The first-order valence-corrected chi connectivity index (χ1v) is 10.2. The van der Waals surface area contributed by atoms with Gasteiger partial charge in [0.05, 0.1) is 19.0 Å². The first-order chi connectivity index (χ1) is 13.5. The van der Waals surface area contributed by atoms with Crippen molar-refractivity contribution in [3.63, 3.8) is 0 Å². The molecule has 0 aliphatic heterocycles. The van der Waals surface area contributed by atoms with Gasteiger partial charge in [0.1, 0.15) is 16.4 Å². The molecule has 2 heterocycles. The van der Waals surface area contributed by atoms with Crippen LogP contribution in [0.1, 0.15) is 11.4 Å². The maximum atomic E-state index is 13.3. The minimum atomic E-state index is -0.0828. The molecule has 4 aromatic rings. The molecule has 0 fully saturated rings. The highest BCUT2D eigenvalue weighted by molar-refractivity contribution is 7.17. The second-order valence-electron chi connectivity index (χ2n) is 6.34. The maximum Gasteiger partial charge on any atom is 0.263 e. The smallest absolute Gasteiger partial charge is 0.263 e. The van der Waals surface area contributed by atoms with Crippen molar-refractivity contribution in [3.8, 4) is 16.9 Å². The predicted molar refractivity (Wildman–Crippen MR) is 116 cm³/mol. The van der Waals surface area contributed by atoms with Gasteiger partial charge in [-0.15, -0.1) is 11.3 Å². The van der Waals surface area contributed by atoms with E-state index in [-0.39, 0.29) is 5.56 Å². The van der Waals surface area contributed by atoms with E-state index in [1.54, 1.807) is 23.8 Å². The van der Waals surface area contributed by atoms with Gasteiger partial charge < -0.3 is 4.74 Å². The summed E-state index contributed by atoms with van der Waals surface area (Å²) in [7, 11) is 1.63. The molecule has 7 heteroatoms. The standard InChI is InChI=1S/C21H16Cl2N2O2S/c1-12-24-20-19(17(11-28-20)13-4-7-16(27-2)8-5-13)21(26)25(12)10-14-3-6-15(22)9-18(14)23/h3-9,11H,10H2,1-2H3. The number of aryl methyl sites for hydroxylation is 1. The van der Waals surface area contributed by atoms with Crippen LogP contribution >= 0.6 is 34.5 Å². The largest absolute Gasteiger partial charge is 0.497 e. The molecule has 0 spiro atoms. The summed E-state index contributed by atoms with van der Waals surface area (Å²) in [5.41, 5.74) is 2.56. The zero-order chi connectivity index (χ0) is 19.8. The van der Waals surface area contributed by atoms with Crippen LogP contribution in [0, 0.1) is 6.92 Å². The molecule has 4 nitrogen and oxygen atoms in total. The van der Waals surface area contributed by atoms with Crippen LogP contribution in [0.15, 0.2) is 52.6 Å². The number of ether oxygens (including phenoxy) is 1. The molecular formula is C21H16Cl2N2O2S. The molecule has 0 N–H and O–H groups in total. The van der Waals surface area contributed by atoms with Crippen molar-refractivity contribution in [1.29, 1.82) is 0 Å². The molecule has 0 aliphatic rings. The van der Waals surface area contributed by atoms with Crippen molar-refractivity contribution >= 4 is 44.8 Å². The van der Waals surface area contributed by atoms with Crippen LogP contribution in [0.25, 0.3) is 21.3 Å². The summed E-state index contributed by atoms with van der Waals surface area (Å²) in [6.45, 7) is 2.17. The van der Waals surface area contributed by atoms with Crippen LogP contribution in [0.5, 0.6) is 5.75 Å². The van der Waals surface area contributed by atoms with E-state index in [2.05, 4.69) is 4.98 Å². The van der Waals surface area contributed by atoms with E-state index < -0.39 is 0 Å². The molecule has 28 heavy (non-hydrogen) atoms. The lowest BCUT2D eigenvalue weighted by Crippen LogP contribution is -2.24. The van der Waals surface area contributed by atoms with Gasteiger partial charge in [-0.25, -0.2) is 4.98 Å². The van der Waals surface area contributed by atoms with Gasteiger partial charge in [0.25, 0.3) is 5.56 Å². The lowest BCUT2D eigenvalue weighted by Gasteiger charge is -2.12. The second kappa shape index (κ2) is 7.59. The number of fused-ring (bicyclic) bond motifs is 1. The number of hydrogen-bond donors (Lipinski definition) is 0. The summed E-state index contributed by atoms with van der Waals surface area (Å²) >= 11 is 13.8. The van der Waals surface area contributed by atoms with Crippen LogP contribution in [-0.4, -0.2) is 16.7 Å². The molecule has 0 unspecified atom stereocenters. The molecule has 2 aromatic heterocycles. The van der Waals surface area contributed by atoms with E-state index >= 15 is 0 Å². The number of nitrogens with zero attached hydrogens (tertiary/aromatic N) is 2. The fourth-order valence-electron chi connectivity index (χ4n) is 3.12. The molecule has 2 aromatic carbocycles. The Hall–Kier alpha value is -2.34. The highest BCUT2D eigenvalue weighted by Gasteiger charge is 2.16.